The van der Waals surface area contributed by atoms with Crippen LogP contribution in [0.1, 0.15) is 45.2 Å². The molecule has 0 spiro atoms. The number of rotatable bonds is 4. The van der Waals surface area contributed by atoms with Crippen LogP contribution >= 0.6 is 27.3 Å². The number of thiazole rings is 1. The summed E-state index contributed by atoms with van der Waals surface area (Å²) in [6.07, 6.45) is 0. The summed E-state index contributed by atoms with van der Waals surface area (Å²) in [7, 11) is 0. The van der Waals surface area contributed by atoms with E-state index in [0.717, 1.165) is 15.0 Å². The van der Waals surface area contributed by atoms with Gasteiger partial charge in [0.1, 0.15) is 5.58 Å². The van der Waals surface area contributed by atoms with Crippen molar-refractivity contribution in [3.05, 3.63) is 78.6 Å². The Labute approximate surface area is 201 Å². The van der Waals surface area contributed by atoms with Gasteiger partial charge in [-0.1, -0.05) is 22.0 Å². The number of hydrogen-bond donors (Lipinski definition) is 1. The van der Waals surface area contributed by atoms with E-state index in [1.54, 1.807) is 30.3 Å². The molecule has 5 rings (SSSR count). The summed E-state index contributed by atoms with van der Waals surface area (Å²) in [5.74, 6) is -0.185. The van der Waals surface area contributed by atoms with Crippen molar-refractivity contribution in [1.29, 1.82) is 0 Å². The summed E-state index contributed by atoms with van der Waals surface area (Å²) in [4.78, 5) is 34.3. The van der Waals surface area contributed by atoms with E-state index in [9.17, 15) is 14.7 Å². The van der Waals surface area contributed by atoms with Crippen LogP contribution in [0.4, 0.5) is 5.13 Å². The van der Waals surface area contributed by atoms with Crippen LogP contribution < -0.4 is 15.1 Å². The number of fused-ring (bicyclic) bond motifs is 2. The molecule has 2 aromatic carbocycles. The molecule has 1 atom stereocenters. The number of anilines is 1. The molecule has 0 aliphatic carbocycles. The Bertz CT molecular complexity index is 1470. The van der Waals surface area contributed by atoms with Crippen LogP contribution in [0.5, 0.6) is 11.5 Å². The zero-order valence-electron chi connectivity index (χ0n) is 18.0. The summed E-state index contributed by atoms with van der Waals surface area (Å²) in [5.41, 5.74) is 1.71. The van der Waals surface area contributed by atoms with Crippen molar-refractivity contribution in [3.8, 4) is 11.5 Å². The molecule has 1 aliphatic heterocycles. The second-order valence-electron chi connectivity index (χ2n) is 7.69. The molecule has 1 unspecified atom stereocenters. The lowest BCUT2D eigenvalue weighted by atomic mass is 9.98. The number of phenolic OH excluding ortho intramolecular Hbond substituents is 1. The van der Waals surface area contributed by atoms with Crippen LogP contribution in [-0.4, -0.2) is 22.6 Å². The topological polar surface area (TPSA) is 92.9 Å². The fourth-order valence-electron chi connectivity index (χ4n) is 3.99. The number of ether oxygens (including phenoxy) is 1. The smallest absolute Gasteiger partial charge is 0.297 e. The van der Waals surface area contributed by atoms with E-state index in [-0.39, 0.29) is 28.3 Å². The molecule has 0 saturated heterocycles. The summed E-state index contributed by atoms with van der Waals surface area (Å²) >= 11 is 4.78. The molecule has 2 aromatic heterocycles. The van der Waals surface area contributed by atoms with Crippen molar-refractivity contribution in [1.82, 2.24) is 4.98 Å². The number of amides is 1. The van der Waals surface area contributed by atoms with Gasteiger partial charge in [-0.15, -0.1) is 11.3 Å². The molecule has 1 amide bonds. The Kier molecular flexibility index (Phi) is 5.25. The molecule has 3 heterocycles. The predicted octanol–water partition coefficient (Wildman–Crippen LogP) is 5.48. The average Bonchev–Trinajstić information content (AvgIpc) is 3.26. The zero-order chi connectivity index (χ0) is 23.4. The third kappa shape index (κ3) is 3.43. The highest BCUT2D eigenvalue weighted by atomic mass is 79.9. The third-order valence-corrected chi connectivity index (χ3v) is 7.22. The number of halogens is 1. The first-order valence-corrected chi connectivity index (χ1v) is 11.9. The Morgan fingerprint density at radius 1 is 1.21 bits per heavy atom. The molecule has 9 heteroatoms. The van der Waals surface area contributed by atoms with Crippen molar-refractivity contribution in [2.45, 2.75) is 26.8 Å². The van der Waals surface area contributed by atoms with Gasteiger partial charge in [0.25, 0.3) is 5.91 Å². The van der Waals surface area contributed by atoms with Gasteiger partial charge in [0.05, 0.1) is 29.3 Å². The summed E-state index contributed by atoms with van der Waals surface area (Å²) in [5, 5.41) is 11.1. The van der Waals surface area contributed by atoms with E-state index in [1.165, 1.54) is 22.3 Å². The standard InChI is InChI=1S/C24H19BrN2O5S/c1-4-31-18-9-13(5-7-16(18)28)20-19-21(29)15-10-14(25)6-8-17(15)32-22(19)23(30)27(20)24-26-11(2)12(3)33-24/h5-10,20,28H,4H2,1-3H3. The number of nitrogens with zero attached hydrogens (tertiary/aromatic N) is 2. The number of carbonyl (C=O) groups is 1. The second-order valence-corrected chi connectivity index (χ2v) is 9.79. The predicted molar refractivity (Wildman–Crippen MR) is 130 cm³/mol. The highest BCUT2D eigenvalue weighted by molar-refractivity contribution is 9.10. The van der Waals surface area contributed by atoms with Crippen LogP contribution in [0.25, 0.3) is 11.0 Å². The van der Waals surface area contributed by atoms with Gasteiger partial charge in [-0.2, -0.15) is 0 Å². The molecular formula is C24H19BrN2O5S. The molecule has 7 nitrogen and oxygen atoms in total. The number of hydrogen-bond acceptors (Lipinski definition) is 7. The van der Waals surface area contributed by atoms with Crippen LogP contribution in [-0.2, 0) is 0 Å². The van der Waals surface area contributed by atoms with E-state index < -0.39 is 11.9 Å². The van der Waals surface area contributed by atoms with Gasteiger partial charge in [0.2, 0.25) is 5.76 Å². The first-order chi connectivity index (χ1) is 15.8. The van der Waals surface area contributed by atoms with E-state index in [1.807, 2.05) is 20.8 Å². The van der Waals surface area contributed by atoms with E-state index >= 15 is 0 Å². The molecule has 1 aliphatic rings. The average molecular weight is 527 g/mol. The number of aryl methyl sites for hydroxylation is 2. The minimum Gasteiger partial charge on any atom is -0.504 e. The van der Waals surface area contributed by atoms with Crippen LogP contribution in [0.2, 0.25) is 0 Å². The number of phenols is 1. The normalized spacial score (nSPS) is 15.3. The maximum Gasteiger partial charge on any atom is 0.297 e. The first-order valence-electron chi connectivity index (χ1n) is 10.3. The molecular weight excluding hydrogens is 508 g/mol. The van der Waals surface area contributed by atoms with Crippen molar-refractivity contribution < 1.29 is 19.1 Å². The summed E-state index contributed by atoms with van der Waals surface area (Å²) in [6.45, 7) is 5.97. The van der Waals surface area contributed by atoms with Gasteiger partial charge in [-0.3, -0.25) is 14.5 Å². The number of benzene rings is 2. The summed E-state index contributed by atoms with van der Waals surface area (Å²) in [6, 6.07) is 9.15. The van der Waals surface area contributed by atoms with Gasteiger partial charge in [-0.05, 0) is 56.7 Å². The van der Waals surface area contributed by atoms with Gasteiger partial charge < -0.3 is 14.3 Å². The van der Waals surface area contributed by atoms with Gasteiger partial charge in [0, 0.05) is 9.35 Å². The highest BCUT2D eigenvalue weighted by Crippen LogP contribution is 2.44. The van der Waals surface area contributed by atoms with Crippen molar-refractivity contribution >= 4 is 49.3 Å². The number of aromatic hydroxyl groups is 1. The Morgan fingerprint density at radius 2 is 2.00 bits per heavy atom. The Balaban J connectivity index is 1.81. The summed E-state index contributed by atoms with van der Waals surface area (Å²) < 4.78 is 12.3. The van der Waals surface area contributed by atoms with Gasteiger partial charge in [0.15, 0.2) is 22.1 Å². The van der Waals surface area contributed by atoms with E-state index in [0.29, 0.717) is 28.3 Å². The van der Waals surface area contributed by atoms with Crippen molar-refractivity contribution in [2.24, 2.45) is 0 Å². The maximum absolute atomic E-state index is 13.7. The minimum atomic E-state index is -0.781. The molecule has 0 radical (unpaired) electrons. The molecule has 0 fully saturated rings. The fourth-order valence-corrected chi connectivity index (χ4v) is 5.29. The molecule has 168 valence electrons. The Hall–Kier alpha value is -3.17. The molecule has 33 heavy (non-hydrogen) atoms. The van der Waals surface area contributed by atoms with Crippen LogP contribution in [0.3, 0.4) is 0 Å². The largest absolute Gasteiger partial charge is 0.504 e. The molecule has 1 N–H and O–H groups in total. The molecule has 0 saturated carbocycles. The lowest BCUT2D eigenvalue weighted by Gasteiger charge is -2.23. The van der Waals surface area contributed by atoms with Crippen LogP contribution in [0, 0.1) is 13.8 Å². The number of carbonyl (C=O) groups excluding carboxylic acids is 1. The SMILES string of the molecule is CCOc1cc(C2c3c(oc4ccc(Br)cc4c3=O)C(=O)N2c2nc(C)c(C)s2)ccc1O. The van der Waals surface area contributed by atoms with E-state index in [2.05, 4.69) is 20.9 Å². The lowest BCUT2D eigenvalue weighted by Crippen LogP contribution is -2.29. The fraction of sp³-hybridized carbons (Fsp3) is 0.208. The minimum absolute atomic E-state index is 0.00337. The first kappa shape index (κ1) is 21.7. The number of aromatic nitrogens is 1. The molecule has 0 bridgehead atoms. The zero-order valence-corrected chi connectivity index (χ0v) is 20.4. The molecule has 4 aromatic rings. The van der Waals surface area contributed by atoms with Crippen molar-refractivity contribution in [2.75, 3.05) is 11.5 Å². The van der Waals surface area contributed by atoms with Crippen LogP contribution in [0.15, 0.2) is 50.1 Å². The van der Waals surface area contributed by atoms with Gasteiger partial charge >= 0.3 is 0 Å². The maximum atomic E-state index is 13.7. The second kappa shape index (κ2) is 8.00. The van der Waals surface area contributed by atoms with Gasteiger partial charge in [-0.25, -0.2) is 4.98 Å². The Morgan fingerprint density at radius 3 is 2.70 bits per heavy atom. The monoisotopic (exact) mass is 526 g/mol. The highest BCUT2D eigenvalue weighted by Gasteiger charge is 2.45. The third-order valence-electron chi connectivity index (χ3n) is 5.65. The van der Waals surface area contributed by atoms with E-state index in [4.69, 9.17) is 9.15 Å². The lowest BCUT2D eigenvalue weighted by molar-refractivity contribution is 0.0971. The quantitative estimate of drug-likeness (QED) is 0.378. The van der Waals surface area contributed by atoms with Crippen molar-refractivity contribution in [3.63, 3.8) is 0 Å².